The first kappa shape index (κ1) is 19.2. The van der Waals surface area contributed by atoms with Gasteiger partial charge in [-0.3, -0.25) is 9.59 Å². The molecule has 1 aromatic heterocycles. The van der Waals surface area contributed by atoms with Crippen LogP contribution in [0, 0.1) is 0 Å². The zero-order chi connectivity index (χ0) is 20.3. The highest BCUT2D eigenvalue weighted by Crippen LogP contribution is 2.13. The van der Waals surface area contributed by atoms with Gasteiger partial charge in [0.2, 0.25) is 0 Å². The SMILES string of the molecule is CN(C)c1ccc(/C=c2\[nH]c(=O)/c(=C/c3ccc(N(C)C)cc3)[nH]c2=O)cc1. The molecule has 2 N–H and O–H groups in total. The van der Waals surface area contributed by atoms with Crippen LogP contribution in [0.25, 0.3) is 12.2 Å². The number of nitrogens with zero attached hydrogens (tertiary/aromatic N) is 2. The van der Waals surface area contributed by atoms with E-state index in [2.05, 4.69) is 9.97 Å². The van der Waals surface area contributed by atoms with Gasteiger partial charge in [0.25, 0.3) is 11.1 Å². The van der Waals surface area contributed by atoms with E-state index in [1.54, 1.807) is 12.2 Å². The van der Waals surface area contributed by atoms with Gasteiger partial charge in [-0.1, -0.05) is 24.3 Å². The molecule has 0 saturated heterocycles. The summed E-state index contributed by atoms with van der Waals surface area (Å²) >= 11 is 0. The van der Waals surface area contributed by atoms with Crippen LogP contribution in [-0.4, -0.2) is 38.2 Å². The van der Waals surface area contributed by atoms with Crippen molar-refractivity contribution < 1.29 is 0 Å². The number of H-pyrrole nitrogens is 2. The molecule has 0 spiro atoms. The van der Waals surface area contributed by atoms with Crippen LogP contribution in [0.3, 0.4) is 0 Å². The summed E-state index contributed by atoms with van der Waals surface area (Å²) in [5.41, 5.74) is 3.11. The minimum Gasteiger partial charge on any atom is -0.378 e. The molecule has 6 nitrogen and oxygen atoms in total. The van der Waals surface area contributed by atoms with E-state index in [0.717, 1.165) is 22.5 Å². The number of benzene rings is 2. The van der Waals surface area contributed by atoms with Gasteiger partial charge in [-0.15, -0.1) is 0 Å². The molecule has 0 saturated carbocycles. The highest BCUT2D eigenvalue weighted by atomic mass is 16.1. The number of rotatable bonds is 4. The predicted octanol–water partition coefficient (Wildman–Crippen LogP) is 0.853. The maximum Gasteiger partial charge on any atom is 0.272 e. The Hall–Kier alpha value is -3.54. The summed E-state index contributed by atoms with van der Waals surface area (Å²) in [6.45, 7) is 0. The van der Waals surface area contributed by atoms with Gasteiger partial charge >= 0.3 is 0 Å². The van der Waals surface area contributed by atoms with Gasteiger partial charge < -0.3 is 19.8 Å². The summed E-state index contributed by atoms with van der Waals surface area (Å²) in [7, 11) is 7.85. The summed E-state index contributed by atoms with van der Waals surface area (Å²) in [5.74, 6) is 0. The van der Waals surface area contributed by atoms with Crippen molar-refractivity contribution in [2.45, 2.75) is 0 Å². The molecule has 0 aliphatic heterocycles. The number of hydrogen-bond donors (Lipinski definition) is 2. The maximum absolute atomic E-state index is 12.4. The van der Waals surface area contributed by atoms with E-state index in [1.165, 1.54) is 0 Å². The molecule has 0 bridgehead atoms. The molecular formula is C22H24N4O2. The first-order chi connectivity index (χ1) is 13.3. The van der Waals surface area contributed by atoms with E-state index in [9.17, 15) is 9.59 Å². The highest BCUT2D eigenvalue weighted by Gasteiger charge is 1.99. The van der Waals surface area contributed by atoms with E-state index >= 15 is 0 Å². The van der Waals surface area contributed by atoms with Crippen LogP contribution < -0.4 is 31.6 Å². The molecule has 28 heavy (non-hydrogen) atoms. The third kappa shape index (κ3) is 4.40. The minimum absolute atomic E-state index is 0.225. The molecular weight excluding hydrogens is 352 g/mol. The summed E-state index contributed by atoms with van der Waals surface area (Å²) in [4.78, 5) is 34.2. The number of nitrogens with one attached hydrogen (secondary N) is 2. The van der Waals surface area contributed by atoms with Crippen molar-refractivity contribution in [3.63, 3.8) is 0 Å². The standard InChI is InChI=1S/C22H24N4O2/c1-25(2)17-9-5-15(6-10-17)13-19-21(27)24-20(22(28)23-19)14-16-7-11-18(12-8-16)26(3)4/h5-14H,1-4H3,(H,23,28)(H,24,27)/b19-13-,20-14-. The Kier molecular flexibility index (Phi) is 5.49. The van der Waals surface area contributed by atoms with Gasteiger partial charge in [0.15, 0.2) is 0 Å². The molecule has 0 aliphatic rings. The summed E-state index contributed by atoms with van der Waals surface area (Å²) in [5, 5.41) is 0.449. The molecule has 0 amide bonds. The third-order valence-corrected chi connectivity index (χ3v) is 4.43. The van der Waals surface area contributed by atoms with Gasteiger partial charge in [-0.05, 0) is 47.5 Å². The Morgan fingerprint density at radius 2 is 0.929 bits per heavy atom. The number of anilines is 2. The van der Waals surface area contributed by atoms with E-state index in [4.69, 9.17) is 0 Å². The second-order valence-electron chi connectivity index (χ2n) is 7.00. The van der Waals surface area contributed by atoms with Gasteiger partial charge in [0.1, 0.15) is 10.7 Å². The van der Waals surface area contributed by atoms with Crippen LogP contribution in [0.1, 0.15) is 11.1 Å². The van der Waals surface area contributed by atoms with Crippen LogP contribution >= 0.6 is 0 Å². The Morgan fingerprint density at radius 1 is 0.607 bits per heavy atom. The Balaban J connectivity index is 1.99. The smallest absolute Gasteiger partial charge is 0.272 e. The number of aromatic amines is 2. The van der Waals surface area contributed by atoms with Crippen molar-refractivity contribution in [3.05, 3.63) is 91.1 Å². The van der Waals surface area contributed by atoms with Crippen molar-refractivity contribution in [2.24, 2.45) is 0 Å². The molecule has 3 rings (SSSR count). The van der Waals surface area contributed by atoms with Gasteiger partial charge in [-0.25, -0.2) is 0 Å². The van der Waals surface area contributed by atoms with Crippen molar-refractivity contribution in [2.75, 3.05) is 38.0 Å². The molecule has 0 unspecified atom stereocenters. The lowest BCUT2D eigenvalue weighted by Gasteiger charge is -2.11. The lowest BCUT2D eigenvalue weighted by Crippen LogP contribution is -2.46. The average Bonchev–Trinajstić information content (AvgIpc) is 2.66. The Labute approximate surface area is 163 Å². The minimum atomic E-state index is -0.340. The highest BCUT2D eigenvalue weighted by molar-refractivity contribution is 5.56. The van der Waals surface area contributed by atoms with Crippen LogP contribution in [0.2, 0.25) is 0 Å². The van der Waals surface area contributed by atoms with Gasteiger partial charge in [-0.2, -0.15) is 0 Å². The van der Waals surface area contributed by atoms with Gasteiger partial charge in [0, 0.05) is 39.6 Å². The normalized spacial score (nSPS) is 12.3. The molecule has 0 aliphatic carbocycles. The van der Waals surface area contributed by atoms with Crippen LogP contribution in [-0.2, 0) is 0 Å². The summed E-state index contributed by atoms with van der Waals surface area (Å²) in [6, 6.07) is 15.4. The van der Waals surface area contributed by atoms with E-state index < -0.39 is 0 Å². The van der Waals surface area contributed by atoms with Crippen molar-refractivity contribution in [1.82, 2.24) is 9.97 Å². The monoisotopic (exact) mass is 376 g/mol. The fourth-order valence-corrected chi connectivity index (χ4v) is 2.77. The Bertz CT molecular complexity index is 1090. The molecule has 0 fully saturated rings. The lowest BCUT2D eigenvalue weighted by molar-refractivity contribution is 1.00. The second kappa shape index (κ2) is 8.00. The lowest BCUT2D eigenvalue weighted by atomic mass is 10.2. The average molecular weight is 376 g/mol. The largest absolute Gasteiger partial charge is 0.378 e. The Morgan fingerprint density at radius 3 is 1.21 bits per heavy atom. The van der Waals surface area contributed by atoms with E-state index in [0.29, 0.717) is 0 Å². The quantitative estimate of drug-likeness (QED) is 0.708. The fraction of sp³-hybridized carbons (Fsp3) is 0.182. The van der Waals surface area contributed by atoms with Crippen LogP contribution in [0.4, 0.5) is 11.4 Å². The first-order valence-electron chi connectivity index (χ1n) is 8.94. The molecule has 3 aromatic rings. The van der Waals surface area contributed by atoms with Crippen LogP contribution in [0.5, 0.6) is 0 Å². The molecule has 6 heteroatoms. The summed E-state index contributed by atoms with van der Waals surface area (Å²) in [6.07, 6.45) is 3.32. The molecule has 2 aromatic carbocycles. The van der Waals surface area contributed by atoms with Crippen LogP contribution in [0.15, 0.2) is 58.1 Å². The van der Waals surface area contributed by atoms with E-state index in [1.807, 2.05) is 86.5 Å². The fourth-order valence-electron chi connectivity index (χ4n) is 2.77. The second-order valence-corrected chi connectivity index (χ2v) is 7.00. The summed E-state index contributed by atoms with van der Waals surface area (Å²) < 4.78 is 0. The topological polar surface area (TPSA) is 72.2 Å². The van der Waals surface area contributed by atoms with E-state index in [-0.39, 0.29) is 21.8 Å². The van der Waals surface area contributed by atoms with Crippen molar-refractivity contribution >= 4 is 23.5 Å². The predicted molar refractivity (Wildman–Crippen MR) is 116 cm³/mol. The van der Waals surface area contributed by atoms with Crippen molar-refractivity contribution in [3.8, 4) is 0 Å². The number of aromatic nitrogens is 2. The van der Waals surface area contributed by atoms with Crippen molar-refractivity contribution in [1.29, 1.82) is 0 Å². The third-order valence-electron chi connectivity index (χ3n) is 4.43. The molecule has 0 atom stereocenters. The zero-order valence-electron chi connectivity index (χ0n) is 16.5. The molecule has 144 valence electrons. The molecule has 1 heterocycles. The maximum atomic E-state index is 12.4. The number of hydrogen-bond acceptors (Lipinski definition) is 4. The molecule has 0 radical (unpaired) electrons. The van der Waals surface area contributed by atoms with Gasteiger partial charge in [0.05, 0.1) is 0 Å². The first-order valence-corrected chi connectivity index (χ1v) is 8.94. The zero-order valence-corrected chi connectivity index (χ0v) is 16.5.